The quantitative estimate of drug-likeness (QED) is 0.0746. The van der Waals surface area contributed by atoms with Crippen molar-refractivity contribution in [3.05, 3.63) is 88.9 Å². The van der Waals surface area contributed by atoms with Crippen molar-refractivity contribution in [3.8, 4) is 23.5 Å². The van der Waals surface area contributed by atoms with Crippen molar-refractivity contribution in [1.29, 1.82) is 0 Å². The fraction of sp³-hybridized carbons (Fsp3) is 0.468. The van der Waals surface area contributed by atoms with Crippen molar-refractivity contribution in [2.75, 3.05) is 36.5 Å². The summed E-state index contributed by atoms with van der Waals surface area (Å²) in [4.78, 5) is 38.0. The SMILES string of the molecule is C#CCCCNCCOC12CC3(C)CC(C)(CC(Cn4ncc(-c5ccc(N6CCc7cccc(C(=O)Nc8nc9ccccc9s8)c7C6)nc5C(=O)O)c4C)(C3)C1)C2. The van der Waals surface area contributed by atoms with E-state index in [0.29, 0.717) is 48.2 Å². The first-order chi connectivity index (χ1) is 28.4. The third-order valence-electron chi connectivity index (χ3n) is 13.3. The van der Waals surface area contributed by atoms with E-state index in [9.17, 15) is 14.7 Å². The van der Waals surface area contributed by atoms with Crippen LogP contribution >= 0.6 is 11.3 Å². The van der Waals surface area contributed by atoms with E-state index >= 15 is 0 Å². The molecule has 306 valence electrons. The monoisotopic (exact) mass is 811 g/mol. The van der Waals surface area contributed by atoms with Gasteiger partial charge < -0.3 is 20.1 Å². The number of ether oxygens (including phenoxy) is 1. The molecule has 2 atom stereocenters. The largest absolute Gasteiger partial charge is 0.476 e. The van der Waals surface area contributed by atoms with E-state index in [0.717, 1.165) is 97.2 Å². The minimum absolute atomic E-state index is 0.00658. The lowest BCUT2D eigenvalue weighted by Crippen LogP contribution is -2.64. The number of rotatable bonds is 14. The molecule has 59 heavy (non-hydrogen) atoms. The molecule has 3 aromatic heterocycles. The van der Waals surface area contributed by atoms with Gasteiger partial charge in [0.1, 0.15) is 5.82 Å². The standard InChI is InChI=1S/C47H53N7O4S/c1-5-6-9-18-48-19-21-58-47-27-44(3)24-45(4,28-47)26-46(25-44,29-47)30-54-31(2)35(22-49-54)33-15-16-39(51-40(33)42(56)57)53-20-17-32-11-10-12-34(36(32)23-53)41(55)52-43-50-37-13-7-8-14-38(37)59-43/h1,7-8,10-16,22,48H,6,9,17-21,23-30H2,2-4H3,(H,56,57)(H,50,52,55). The van der Waals surface area contributed by atoms with E-state index in [4.69, 9.17) is 21.2 Å². The molecule has 4 saturated carbocycles. The number of carbonyl (C=O) groups excluding carboxylic acids is 1. The molecule has 4 aliphatic carbocycles. The average Bonchev–Trinajstić information content (AvgIpc) is 3.76. The summed E-state index contributed by atoms with van der Waals surface area (Å²) in [7, 11) is 0. The summed E-state index contributed by atoms with van der Waals surface area (Å²) < 4.78 is 10.0. The predicted molar refractivity (Wildman–Crippen MR) is 232 cm³/mol. The number of unbranched alkanes of at least 4 members (excludes halogenated alkanes) is 1. The van der Waals surface area contributed by atoms with Crippen molar-refractivity contribution in [2.24, 2.45) is 16.2 Å². The molecule has 11 nitrogen and oxygen atoms in total. The first-order valence-corrected chi connectivity index (χ1v) is 21.8. The van der Waals surface area contributed by atoms with Crippen LogP contribution in [0.15, 0.2) is 60.8 Å². The maximum Gasteiger partial charge on any atom is 0.355 e. The Hall–Kier alpha value is -5.09. The molecule has 4 bridgehead atoms. The highest BCUT2D eigenvalue weighted by Gasteiger charge is 2.66. The van der Waals surface area contributed by atoms with Gasteiger partial charge in [-0.1, -0.05) is 49.4 Å². The highest BCUT2D eigenvalue weighted by atomic mass is 32.1. The van der Waals surface area contributed by atoms with Crippen LogP contribution in [0.1, 0.15) is 103 Å². The zero-order chi connectivity index (χ0) is 41.0. The Bertz CT molecular complexity index is 2430. The first kappa shape index (κ1) is 39.4. The van der Waals surface area contributed by atoms with Crippen LogP contribution in [0.25, 0.3) is 21.3 Å². The second kappa shape index (κ2) is 15.2. The molecule has 1 aliphatic heterocycles. The lowest BCUT2D eigenvalue weighted by atomic mass is 9.39. The van der Waals surface area contributed by atoms with Crippen LogP contribution in [0.2, 0.25) is 0 Å². The molecule has 0 saturated heterocycles. The smallest absolute Gasteiger partial charge is 0.355 e. The third kappa shape index (κ3) is 7.65. The van der Waals surface area contributed by atoms with Gasteiger partial charge in [0, 0.05) is 55.0 Å². The highest BCUT2D eigenvalue weighted by molar-refractivity contribution is 7.22. The van der Waals surface area contributed by atoms with Gasteiger partial charge in [-0.25, -0.2) is 14.8 Å². The number of nitrogens with zero attached hydrogens (tertiary/aromatic N) is 5. The van der Waals surface area contributed by atoms with Gasteiger partial charge in [-0.2, -0.15) is 5.10 Å². The van der Waals surface area contributed by atoms with Crippen LogP contribution in [-0.4, -0.2) is 68.6 Å². The molecule has 3 N–H and O–H groups in total. The molecular weight excluding hydrogens is 759 g/mol. The number of aromatic carboxylic acids is 1. The topological polar surface area (TPSA) is 134 Å². The van der Waals surface area contributed by atoms with Gasteiger partial charge in [-0.15, -0.1) is 12.3 Å². The van der Waals surface area contributed by atoms with Crippen LogP contribution in [0.5, 0.6) is 0 Å². The van der Waals surface area contributed by atoms with E-state index in [-0.39, 0.29) is 33.4 Å². The average molecular weight is 812 g/mol. The van der Waals surface area contributed by atoms with Crippen molar-refractivity contribution >= 4 is 44.4 Å². The third-order valence-corrected chi connectivity index (χ3v) is 14.3. The number of carboxylic acid groups (broad SMARTS) is 1. The second-order valence-corrected chi connectivity index (χ2v) is 19.5. The number of hydrogen-bond donors (Lipinski definition) is 3. The number of para-hydroxylation sites is 1. The molecule has 0 spiro atoms. The number of hydrogen-bond acceptors (Lipinski definition) is 9. The molecule has 12 heteroatoms. The molecule has 5 aromatic rings. The Morgan fingerprint density at radius 3 is 2.56 bits per heavy atom. The van der Waals surface area contributed by atoms with Crippen LogP contribution in [-0.2, 0) is 24.2 Å². The fourth-order valence-corrected chi connectivity index (χ4v) is 13.1. The normalized spacial score (nSPS) is 25.6. The van der Waals surface area contributed by atoms with Crippen LogP contribution in [0, 0.1) is 35.5 Å². The van der Waals surface area contributed by atoms with Gasteiger partial charge in [0.05, 0.1) is 28.6 Å². The summed E-state index contributed by atoms with van der Waals surface area (Å²) >= 11 is 1.44. The Labute approximate surface area is 350 Å². The second-order valence-electron chi connectivity index (χ2n) is 18.5. The lowest BCUT2D eigenvalue weighted by Gasteiger charge is -2.69. The van der Waals surface area contributed by atoms with Gasteiger partial charge in [0.15, 0.2) is 10.8 Å². The number of pyridine rings is 1. The van der Waals surface area contributed by atoms with E-state index < -0.39 is 5.97 Å². The number of benzene rings is 2. The summed E-state index contributed by atoms with van der Waals surface area (Å²) in [5.41, 5.74) is 6.01. The number of terminal acetylenes is 1. The summed E-state index contributed by atoms with van der Waals surface area (Å²) in [5, 5.41) is 22.6. The lowest BCUT2D eigenvalue weighted by molar-refractivity contribution is -0.247. The fourth-order valence-electron chi connectivity index (χ4n) is 12.2. The van der Waals surface area contributed by atoms with Gasteiger partial charge in [0.25, 0.3) is 5.91 Å². The maximum absolute atomic E-state index is 13.6. The number of thiazole rings is 1. The predicted octanol–water partition coefficient (Wildman–Crippen LogP) is 8.52. The number of amides is 1. The van der Waals surface area contributed by atoms with Crippen LogP contribution < -0.4 is 15.5 Å². The van der Waals surface area contributed by atoms with Crippen molar-refractivity contribution < 1.29 is 19.4 Å². The summed E-state index contributed by atoms with van der Waals surface area (Å²) in [6.45, 7) is 11.2. The Morgan fingerprint density at radius 1 is 0.966 bits per heavy atom. The molecule has 10 rings (SSSR count). The number of nitrogens with one attached hydrogen (secondary N) is 2. The van der Waals surface area contributed by atoms with Gasteiger partial charge >= 0.3 is 5.97 Å². The number of anilines is 2. The van der Waals surface area contributed by atoms with Crippen molar-refractivity contribution in [1.82, 2.24) is 25.1 Å². The van der Waals surface area contributed by atoms with E-state index in [1.54, 1.807) is 0 Å². The highest BCUT2D eigenvalue weighted by Crippen LogP contribution is 2.72. The molecule has 1 amide bonds. The van der Waals surface area contributed by atoms with E-state index in [2.05, 4.69) is 51.0 Å². The molecule has 5 aliphatic rings. The summed E-state index contributed by atoms with van der Waals surface area (Å²) in [6, 6.07) is 17.4. The number of carboxylic acids is 1. The molecular formula is C47H53N7O4S. The molecule has 2 unspecified atom stereocenters. The van der Waals surface area contributed by atoms with Gasteiger partial charge in [-0.3, -0.25) is 14.8 Å². The maximum atomic E-state index is 13.6. The molecule has 0 radical (unpaired) electrons. The summed E-state index contributed by atoms with van der Waals surface area (Å²) in [5.74, 6) is 1.97. The zero-order valence-corrected chi connectivity index (χ0v) is 35.1. The first-order valence-electron chi connectivity index (χ1n) is 21.0. The van der Waals surface area contributed by atoms with Gasteiger partial charge in [0.2, 0.25) is 0 Å². The van der Waals surface area contributed by atoms with E-state index in [1.807, 2.05) is 61.7 Å². The van der Waals surface area contributed by atoms with Crippen LogP contribution in [0.3, 0.4) is 0 Å². The van der Waals surface area contributed by atoms with E-state index in [1.165, 1.54) is 17.8 Å². The Morgan fingerprint density at radius 2 is 1.78 bits per heavy atom. The number of carbonyl (C=O) groups is 2. The number of aromatic nitrogens is 4. The summed E-state index contributed by atoms with van der Waals surface area (Å²) in [6.07, 6.45) is 16.4. The molecule has 4 heterocycles. The Kier molecular flexibility index (Phi) is 10.1. The minimum Gasteiger partial charge on any atom is -0.476 e. The zero-order valence-electron chi connectivity index (χ0n) is 34.3. The van der Waals surface area contributed by atoms with Crippen LogP contribution in [0.4, 0.5) is 10.9 Å². The Balaban J connectivity index is 0.928. The minimum atomic E-state index is -1.09. The van der Waals surface area contributed by atoms with Gasteiger partial charge in [-0.05, 0) is 123 Å². The van der Waals surface area contributed by atoms with Crippen molar-refractivity contribution in [3.63, 3.8) is 0 Å². The molecule has 4 fully saturated rings. The van der Waals surface area contributed by atoms with Crippen molar-refractivity contribution in [2.45, 2.75) is 97.2 Å². The number of fused-ring (bicyclic) bond motifs is 2. The molecule has 2 aromatic carbocycles.